The number of rotatable bonds is 1. The number of aromatic amines is 1. The van der Waals surface area contributed by atoms with Crippen LogP contribution in [0, 0.1) is 17.1 Å². The lowest BCUT2D eigenvalue weighted by atomic mass is 10.2. The fourth-order valence-corrected chi connectivity index (χ4v) is 2.11. The zero-order valence-corrected chi connectivity index (χ0v) is 10.4. The first-order chi connectivity index (χ1) is 9.19. The highest BCUT2D eigenvalue weighted by molar-refractivity contribution is 6.33. The van der Waals surface area contributed by atoms with E-state index in [0.717, 1.165) is 5.52 Å². The Morgan fingerprint density at radius 2 is 2.11 bits per heavy atom. The minimum absolute atomic E-state index is 0.0297. The molecule has 0 amide bonds. The number of nitriles is 1. The molecule has 0 fully saturated rings. The molecule has 1 N–H and O–H groups in total. The van der Waals surface area contributed by atoms with E-state index in [1.807, 2.05) is 0 Å². The second-order valence-corrected chi connectivity index (χ2v) is 4.41. The Balaban J connectivity index is 2.21. The molecule has 0 aliphatic rings. The number of nitrogens with one attached hydrogen (secondary N) is 1. The summed E-state index contributed by atoms with van der Waals surface area (Å²) in [5, 5.41) is 8.88. The monoisotopic (exact) mass is 271 g/mol. The molecule has 3 nitrogen and oxygen atoms in total. The van der Waals surface area contributed by atoms with Crippen LogP contribution in [0.2, 0.25) is 5.02 Å². The van der Waals surface area contributed by atoms with Gasteiger partial charge < -0.3 is 4.98 Å². The van der Waals surface area contributed by atoms with Crippen LogP contribution >= 0.6 is 11.6 Å². The van der Waals surface area contributed by atoms with Crippen LogP contribution in [0.1, 0.15) is 5.56 Å². The average molecular weight is 272 g/mol. The van der Waals surface area contributed by atoms with Gasteiger partial charge in [0.1, 0.15) is 11.6 Å². The van der Waals surface area contributed by atoms with Crippen molar-refractivity contribution in [2.24, 2.45) is 0 Å². The van der Waals surface area contributed by atoms with Crippen molar-refractivity contribution in [2.45, 2.75) is 0 Å². The average Bonchev–Trinajstić information content (AvgIpc) is 2.84. The fourth-order valence-electron chi connectivity index (χ4n) is 1.89. The Hall–Kier alpha value is -2.38. The highest BCUT2D eigenvalue weighted by Gasteiger charge is 2.12. The summed E-state index contributed by atoms with van der Waals surface area (Å²) in [7, 11) is 0. The predicted octanol–water partition coefficient (Wildman–Crippen LogP) is 3.89. The Kier molecular flexibility index (Phi) is 2.69. The number of imidazole rings is 1. The summed E-state index contributed by atoms with van der Waals surface area (Å²) in [6, 6.07) is 11.7. The van der Waals surface area contributed by atoms with E-state index in [4.69, 9.17) is 16.9 Å². The predicted molar refractivity (Wildman–Crippen MR) is 71.2 cm³/mol. The molecule has 5 heteroatoms. The lowest BCUT2D eigenvalue weighted by Gasteiger charge is -2.00. The van der Waals surface area contributed by atoms with Crippen LogP contribution in [-0.4, -0.2) is 9.97 Å². The summed E-state index contributed by atoms with van der Waals surface area (Å²) >= 11 is 5.93. The number of benzene rings is 2. The first-order valence-electron chi connectivity index (χ1n) is 5.53. The molecular weight excluding hydrogens is 265 g/mol. The van der Waals surface area contributed by atoms with Crippen molar-refractivity contribution in [3.63, 3.8) is 0 Å². The molecule has 0 bridgehead atoms. The molecule has 0 unspecified atom stereocenters. The molecule has 3 rings (SSSR count). The summed E-state index contributed by atoms with van der Waals surface area (Å²) in [5.41, 5.74) is 2.45. The largest absolute Gasteiger partial charge is 0.338 e. The third-order valence-corrected chi connectivity index (χ3v) is 3.20. The van der Waals surface area contributed by atoms with Gasteiger partial charge >= 0.3 is 0 Å². The third kappa shape index (κ3) is 1.94. The summed E-state index contributed by atoms with van der Waals surface area (Å²) in [5.74, 6) is -0.00748. The van der Waals surface area contributed by atoms with E-state index in [1.165, 1.54) is 6.07 Å². The SMILES string of the molecule is N#Cc1ccc2nc(-c3cccc(F)c3Cl)[nH]c2c1. The molecule has 1 aromatic heterocycles. The first-order valence-corrected chi connectivity index (χ1v) is 5.91. The van der Waals surface area contributed by atoms with Gasteiger partial charge in [0.2, 0.25) is 0 Å². The van der Waals surface area contributed by atoms with Gasteiger partial charge in [0.15, 0.2) is 0 Å². The molecule has 0 saturated carbocycles. The number of H-pyrrole nitrogens is 1. The van der Waals surface area contributed by atoms with E-state index < -0.39 is 5.82 Å². The van der Waals surface area contributed by atoms with Crippen LogP contribution in [-0.2, 0) is 0 Å². The Labute approximate surface area is 113 Å². The second kappa shape index (κ2) is 4.38. The highest BCUT2D eigenvalue weighted by Crippen LogP contribution is 2.29. The minimum atomic E-state index is -0.489. The zero-order chi connectivity index (χ0) is 13.4. The Morgan fingerprint density at radius 3 is 2.89 bits per heavy atom. The lowest BCUT2D eigenvalue weighted by Crippen LogP contribution is -1.85. The van der Waals surface area contributed by atoms with Crippen molar-refractivity contribution in [3.05, 3.63) is 52.8 Å². The molecule has 3 aromatic rings. The summed E-state index contributed by atoms with van der Waals surface area (Å²) in [6.07, 6.45) is 0. The number of nitrogens with zero attached hydrogens (tertiary/aromatic N) is 2. The molecule has 0 radical (unpaired) electrons. The molecule has 0 spiro atoms. The minimum Gasteiger partial charge on any atom is -0.338 e. The molecule has 0 aliphatic heterocycles. The van der Waals surface area contributed by atoms with Gasteiger partial charge in [-0.15, -0.1) is 0 Å². The fraction of sp³-hybridized carbons (Fsp3) is 0. The quantitative estimate of drug-likeness (QED) is 0.730. The van der Waals surface area contributed by atoms with E-state index in [9.17, 15) is 4.39 Å². The number of hydrogen-bond donors (Lipinski definition) is 1. The molecule has 19 heavy (non-hydrogen) atoms. The van der Waals surface area contributed by atoms with Gasteiger partial charge in [-0.05, 0) is 30.3 Å². The smallest absolute Gasteiger partial charge is 0.142 e. The van der Waals surface area contributed by atoms with Crippen LogP contribution in [0.5, 0.6) is 0 Å². The van der Waals surface area contributed by atoms with Crippen molar-refractivity contribution >= 4 is 22.6 Å². The molecule has 0 atom stereocenters. The summed E-state index contributed by atoms with van der Waals surface area (Å²) in [4.78, 5) is 7.39. The normalized spacial score (nSPS) is 10.6. The number of hydrogen-bond acceptors (Lipinski definition) is 2. The number of fused-ring (bicyclic) bond motifs is 1. The van der Waals surface area contributed by atoms with E-state index in [0.29, 0.717) is 22.5 Å². The van der Waals surface area contributed by atoms with Crippen LogP contribution in [0.4, 0.5) is 4.39 Å². The first kappa shape index (κ1) is 11.7. The van der Waals surface area contributed by atoms with Crippen molar-refractivity contribution in [1.29, 1.82) is 5.26 Å². The molecule has 0 saturated heterocycles. The maximum Gasteiger partial charge on any atom is 0.142 e. The molecule has 92 valence electrons. The van der Waals surface area contributed by atoms with Crippen molar-refractivity contribution < 1.29 is 4.39 Å². The molecule has 2 aromatic carbocycles. The zero-order valence-electron chi connectivity index (χ0n) is 9.61. The van der Waals surface area contributed by atoms with E-state index in [1.54, 1.807) is 30.3 Å². The Bertz CT molecular complexity index is 817. The van der Waals surface area contributed by atoms with Gasteiger partial charge in [-0.1, -0.05) is 17.7 Å². The Morgan fingerprint density at radius 1 is 1.26 bits per heavy atom. The van der Waals surface area contributed by atoms with Gasteiger partial charge in [-0.3, -0.25) is 0 Å². The van der Waals surface area contributed by atoms with Gasteiger partial charge in [-0.2, -0.15) is 5.26 Å². The van der Waals surface area contributed by atoms with Gasteiger partial charge in [0, 0.05) is 5.56 Å². The topological polar surface area (TPSA) is 52.5 Å². The molecule has 0 aliphatic carbocycles. The van der Waals surface area contributed by atoms with Crippen molar-refractivity contribution in [3.8, 4) is 17.5 Å². The highest BCUT2D eigenvalue weighted by atomic mass is 35.5. The lowest BCUT2D eigenvalue weighted by molar-refractivity contribution is 0.628. The van der Waals surface area contributed by atoms with Crippen LogP contribution < -0.4 is 0 Å². The van der Waals surface area contributed by atoms with Gasteiger partial charge in [-0.25, -0.2) is 9.37 Å². The maximum atomic E-state index is 13.4. The van der Waals surface area contributed by atoms with Crippen molar-refractivity contribution in [1.82, 2.24) is 9.97 Å². The van der Waals surface area contributed by atoms with Crippen LogP contribution in [0.15, 0.2) is 36.4 Å². The van der Waals surface area contributed by atoms with E-state index in [2.05, 4.69) is 16.0 Å². The summed E-state index contributed by atoms with van der Waals surface area (Å²) in [6.45, 7) is 0. The third-order valence-electron chi connectivity index (χ3n) is 2.82. The second-order valence-electron chi connectivity index (χ2n) is 4.03. The van der Waals surface area contributed by atoms with Crippen LogP contribution in [0.25, 0.3) is 22.4 Å². The van der Waals surface area contributed by atoms with E-state index >= 15 is 0 Å². The molecular formula is C14H7ClFN3. The number of aromatic nitrogens is 2. The molecule has 1 heterocycles. The number of halogens is 2. The van der Waals surface area contributed by atoms with Crippen LogP contribution in [0.3, 0.4) is 0 Å². The standard InChI is InChI=1S/C14H7ClFN3/c15-13-9(2-1-3-10(13)16)14-18-11-5-4-8(7-17)6-12(11)19-14/h1-6H,(H,18,19). The van der Waals surface area contributed by atoms with Crippen molar-refractivity contribution in [2.75, 3.05) is 0 Å². The van der Waals surface area contributed by atoms with E-state index in [-0.39, 0.29) is 5.02 Å². The maximum absolute atomic E-state index is 13.4. The summed E-state index contributed by atoms with van der Waals surface area (Å²) < 4.78 is 13.4. The van der Waals surface area contributed by atoms with Gasteiger partial charge in [0.05, 0.1) is 27.7 Å². The van der Waals surface area contributed by atoms with Gasteiger partial charge in [0.25, 0.3) is 0 Å².